The Morgan fingerprint density at radius 2 is 1.55 bits per heavy atom. The van der Waals surface area contributed by atoms with Gasteiger partial charge in [0.25, 0.3) is 0 Å². The summed E-state index contributed by atoms with van der Waals surface area (Å²) in [5.41, 5.74) is 4.26. The van der Waals surface area contributed by atoms with Crippen molar-refractivity contribution in [3.63, 3.8) is 0 Å². The second-order valence-corrected chi connectivity index (χ2v) is 8.93. The van der Waals surface area contributed by atoms with Crippen LogP contribution in [0.5, 0.6) is 0 Å². The standard InChI is InChI=1S/C26H25N3OS/c1-19-8-12-22(13-9-19)26(31-23-14-10-20(2)11-15-23)24(16-29-18-27-17-28-29)25(30)21-6-4-3-5-7-21/h3-15,17-18,24,26H,16H2,1-2H3/t24-,26-/m1/s1. The van der Waals surface area contributed by atoms with Crippen LogP contribution in [0.25, 0.3) is 0 Å². The van der Waals surface area contributed by atoms with Gasteiger partial charge in [0.2, 0.25) is 0 Å². The van der Waals surface area contributed by atoms with Gasteiger partial charge in [-0.25, -0.2) is 4.98 Å². The van der Waals surface area contributed by atoms with Gasteiger partial charge in [0.1, 0.15) is 12.7 Å². The highest BCUT2D eigenvalue weighted by atomic mass is 32.2. The molecule has 0 bridgehead atoms. The van der Waals surface area contributed by atoms with E-state index in [2.05, 4.69) is 72.5 Å². The summed E-state index contributed by atoms with van der Waals surface area (Å²) in [7, 11) is 0. The molecule has 0 aliphatic carbocycles. The van der Waals surface area contributed by atoms with Gasteiger partial charge in [-0.15, -0.1) is 11.8 Å². The predicted octanol–water partition coefficient (Wildman–Crippen LogP) is 5.93. The first-order valence-electron chi connectivity index (χ1n) is 10.3. The van der Waals surface area contributed by atoms with E-state index in [0.29, 0.717) is 12.1 Å². The quantitative estimate of drug-likeness (QED) is 0.258. The minimum Gasteiger partial charge on any atom is -0.294 e. The van der Waals surface area contributed by atoms with Crippen LogP contribution in [0.15, 0.2) is 96.4 Å². The van der Waals surface area contributed by atoms with E-state index in [-0.39, 0.29) is 17.0 Å². The zero-order valence-corrected chi connectivity index (χ0v) is 18.5. The maximum absolute atomic E-state index is 13.7. The number of rotatable bonds is 8. The molecule has 31 heavy (non-hydrogen) atoms. The number of ketones is 1. The first kappa shape index (κ1) is 21.1. The van der Waals surface area contributed by atoms with Crippen molar-refractivity contribution in [1.29, 1.82) is 0 Å². The number of hydrogen-bond donors (Lipinski definition) is 0. The summed E-state index contributed by atoms with van der Waals surface area (Å²) in [4.78, 5) is 18.9. The molecule has 2 atom stereocenters. The lowest BCUT2D eigenvalue weighted by Crippen LogP contribution is -2.26. The lowest BCUT2D eigenvalue weighted by Gasteiger charge is -2.26. The van der Waals surface area contributed by atoms with Crippen LogP contribution in [0.3, 0.4) is 0 Å². The van der Waals surface area contributed by atoms with Gasteiger partial charge in [-0.05, 0) is 31.5 Å². The van der Waals surface area contributed by atoms with Crippen molar-refractivity contribution in [1.82, 2.24) is 14.8 Å². The van der Waals surface area contributed by atoms with Crippen molar-refractivity contribution in [3.8, 4) is 0 Å². The molecule has 4 aromatic rings. The summed E-state index contributed by atoms with van der Waals surface area (Å²) in [6.45, 7) is 4.62. The van der Waals surface area contributed by atoms with Crippen LogP contribution >= 0.6 is 11.8 Å². The fraction of sp³-hybridized carbons (Fsp3) is 0.192. The molecule has 5 heteroatoms. The number of Topliss-reactive ketones (excluding diaryl/α,β-unsaturated/α-hetero) is 1. The van der Waals surface area contributed by atoms with Crippen molar-refractivity contribution in [2.75, 3.05) is 0 Å². The summed E-state index contributed by atoms with van der Waals surface area (Å²) in [5.74, 6) is -0.195. The number of carbonyl (C=O) groups is 1. The first-order valence-corrected chi connectivity index (χ1v) is 11.2. The zero-order valence-electron chi connectivity index (χ0n) is 17.7. The van der Waals surface area contributed by atoms with Gasteiger partial charge < -0.3 is 0 Å². The summed E-state index contributed by atoms with van der Waals surface area (Å²) in [6.07, 6.45) is 3.19. The number of benzene rings is 3. The van der Waals surface area contributed by atoms with Gasteiger partial charge in [0, 0.05) is 15.7 Å². The monoisotopic (exact) mass is 427 g/mol. The van der Waals surface area contributed by atoms with Crippen molar-refractivity contribution in [2.24, 2.45) is 5.92 Å². The Bertz CT molecular complexity index is 1110. The molecule has 1 aromatic heterocycles. The van der Waals surface area contributed by atoms with Crippen LogP contribution in [0.4, 0.5) is 0 Å². The van der Waals surface area contributed by atoms with Crippen LogP contribution in [-0.4, -0.2) is 20.5 Å². The van der Waals surface area contributed by atoms with E-state index in [0.717, 1.165) is 10.5 Å². The van der Waals surface area contributed by atoms with Crippen molar-refractivity contribution < 1.29 is 4.79 Å². The van der Waals surface area contributed by atoms with E-state index >= 15 is 0 Å². The van der Waals surface area contributed by atoms with E-state index in [1.54, 1.807) is 22.8 Å². The molecule has 0 saturated heterocycles. The van der Waals surface area contributed by atoms with Gasteiger partial charge in [0.05, 0.1) is 12.5 Å². The number of hydrogen-bond acceptors (Lipinski definition) is 4. The fourth-order valence-corrected chi connectivity index (χ4v) is 4.82. The van der Waals surface area contributed by atoms with Gasteiger partial charge in [-0.3, -0.25) is 9.48 Å². The third-order valence-corrected chi connectivity index (χ3v) is 6.70. The molecular formula is C26H25N3OS. The fourth-order valence-electron chi connectivity index (χ4n) is 3.56. The SMILES string of the molecule is Cc1ccc(S[C@H](c2ccc(C)cc2)[C@H](Cn2cncn2)C(=O)c2ccccc2)cc1. The molecule has 0 unspecified atom stereocenters. The normalized spacial score (nSPS) is 13.0. The Kier molecular flexibility index (Phi) is 6.63. The second kappa shape index (κ2) is 9.75. The summed E-state index contributed by atoms with van der Waals surface area (Å²) in [6, 6.07) is 26.5. The molecule has 156 valence electrons. The number of aryl methyl sites for hydroxylation is 2. The van der Waals surface area contributed by atoms with E-state index in [1.807, 2.05) is 30.3 Å². The first-order chi connectivity index (χ1) is 15.1. The van der Waals surface area contributed by atoms with Gasteiger partial charge in [-0.1, -0.05) is 77.9 Å². The number of carbonyl (C=O) groups excluding carboxylic acids is 1. The van der Waals surface area contributed by atoms with E-state index in [4.69, 9.17) is 0 Å². The molecule has 0 spiro atoms. The maximum atomic E-state index is 13.7. The van der Waals surface area contributed by atoms with Crippen LogP contribution in [-0.2, 0) is 6.54 Å². The van der Waals surface area contributed by atoms with E-state index in [1.165, 1.54) is 17.5 Å². The Morgan fingerprint density at radius 3 is 2.16 bits per heavy atom. The third-order valence-electron chi connectivity index (χ3n) is 5.30. The molecule has 0 radical (unpaired) electrons. The van der Waals surface area contributed by atoms with Gasteiger partial charge in [0.15, 0.2) is 5.78 Å². The Labute approximate surface area is 187 Å². The number of nitrogens with zero attached hydrogens (tertiary/aromatic N) is 3. The zero-order chi connectivity index (χ0) is 21.6. The van der Waals surface area contributed by atoms with Crippen molar-refractivity contribution in [3.05, 3.63) is 114 Å². The van der Waals surface area contributed by atoms with Gasteiger partial charge in [-0.2, -0.15) is 5.10 Å². The summed E-state index contributed by atoms with van der Waals surface area (Å²) >= 11 is 1.73. The highest BCUT2D eigenvalue weighted by Gasteiger charge is 2.32. The molecule has 3 aromatic carbocycles. The highest BCUT2D eigenvalue weighted by Crippen LogP contribution is 2.43. The van der Waals surface area contributed by atoms with Crippen LogP contribution in [0.1, 0.15) is 32.3 Å². The number of thioether (sulfide) groups is 1. The molecule has 0 N–H and O–H groups in total. The van der Waals surface area contributed by atoms with Crippen LogP contribution < -0.4 is 0 Å². The number of aromatic nitrogens is 3. The molecule has 4 nitrogen and oxygen atoms in total. The van der Waals surface area contributed by atoms with Crippen molar-refractivity contribution in [2.45, 2.75) is 30.5 Å². The summed E-state index contributed by atoms with van der Waals surface area (Å²) < 4.78 is 1.75. The van der Waals surface area contributed by atoms with Crippen LogP contribution in [0.2, 0.25) is 0 Å². The largest absolute Gasteiger partial charge is 0.294 e. The maximum Gasteiger partial charge on any atom is 0.169 e. The van der Waals surface area contributed by atoms with Crippen LogP contribution in [0, 0.1) is 19.8 Å². The Balaban J connectivity index is 1.76. The molecular weight excluding hydrogens is 402 g/mol. The molecule has 0 fully saturated rings. The predicted molar refractivity (Wildman–Crippen MR) is 125 cm³/mol. The molecule has 4 rings (SSSR count). The lowest BCUT2D eigenvalue weighted by atomic mass is 9.90. The minimum atomic E-state index is -0.307. The van der Waals surface area contributed by atoms with E-state index in [9.17, 15) is 4.79 Å². The van der Waals surface area contributed by atoms with Gasteiger partial charge >= 0.3 is 0 Å². The molecule has 0 aliphatic rings. The summed E-state index contributed by atoms with van der Waals surface area (Å²) in [5, 5.41) is 4.22. The average Bonchev–Trinajstić information content (AvgIpc) is 3.32. The molecule has 0 amide bonds. The van der Waals surface area contributed by atoms with Crippen molar-refractivity contribution >= 4 is 17.5 Å². The molecule has 1 heterocycles. The molecule has 0 aliphatic heterocycles. The Morgan fingerprint density at radius 1 is 0.903 bits per heavy atom. The third kappa shape index (κ3) is 5.30. The average molecular weight is 428 g/mol. The van der Waals surface area contributed by atoms with E-state index < -0.39 is 0 Å². The topological polar surface area (TPSA) is 47.8 Å². The Hall–Kier alpha value is -3.18. The second-order valence-electron chi connectivity index (χ2n) is 7.72. The highest BCUT2D eigenvalue weighted by molar-refractivity contribution is 7.99. The smallest absolute Gasteiger partial charge is 0.169 e. The minimum absolute atomic E-state index is 0.0692. The lowest BCUT2D eigenvalue weighted by molar-refractivity contribution is 0.0901. The molecule has 0 saturated carbocycles.